The van der Waals surface area contributed by atoms with Crippen molar-refractivity contribution in [1.82, 2.24) is 9.80 Å². The maximum atomic E-state index is 12.9. The summed E-state index contributed by atoms with van der Waals surface area (Å²) in [6, 6.07) is 6.26. The van der Waals surface area contributed by atoms with Crippen molar-refractivity contribution in [2.45, 2.75) is 59.4 Å². The van der Waals surface area contributed by atoms with Crippen molar-refractivity contribution in [3.8, 4) is 0 Å². The minimum absolute atomic E-state index is 0.107. The predicted octanol–water partition coefficient (Wildman–Crippen LogP) is 4.18. The van der Waals surface area contributed by atoms with Gasteiger partial charge in [-0.25, -0.2) is 0 Å². The first kappa shape index (κ1) is 21.5. The number of hydrogen-bond acceptors (Lipinski definition) is 4. The molecule has 156 valence electrons. The van der Waals surface area contributed by atoms with E-state index in [-0.39, 0.29) is 22.9 Å². The third kappa shape index (κ3) is 3.59. The van der Waals surface area contributed by atoms with Crippen LogP contribution in [-0.4, -0.2) is 51.9 Å². The number of amides is 2. The lowest BCUT2D eigenvalue weighted by molar-refractivity contribution is -0.133. The third-order valence-electron chi connectivity index (χ3n) is 6.08. The first-order valence-electron chi connectivity index (χ1n) is 10.5. The van der Waals surface area contributed by atoms with Crippen LogP contribution in [0.1, 0.15) is 65.0 Å². The van der Waals surface area contributed by atoms with E-state index in [2.05, 4.69) is 44.7 Å². The second-order valence-electron chi connectivity index (χ2n) is 8.42. The van der Waals surface area contributed by atoms with E-state index in [0.29, 0.717) is 24.1 Å². The number of carbonyl (C=O) groups excluding carboxylic acids is 2. The van der Waals surface area contributed by atoms with Gasteiger partial charge in [0.05, 0.1) is 0 Å². The SMILES string of the molecule is CCN1C(=O)C(=Cc2ccc3c(c2)[C@H](C)CC(C)(C)N3CC)C(=O)N(CC)C1=S. The Morgan fingerprint density at radius 3 is 2.17 bits per heavy atom. The number of thiocarbonyl (C=S) groups is 1. The molecule has 29 heavy (non-hydrogen) atoms. The minimum Gasteiger partial charge on any atom is -0.366 e. The molecule has 1 saturated heterocycles. The monoisotopic (exact) mass is 413 g/mol. The number of likely N-dealkylation sites (N-methyl/N-ethyl adjacent to an activating group) is 2. The summed E-state index contributed by atoms with van der Waals surface area (Å²) in [5.41, 5.74) is 3.68. The molecule has 0 N–H and O–H groups in total. The predicted molar refractivity (Wildman–Crippen MR) is 122 cm³/mol. The Kier molecular flexibility index (Phi) is 5.86. The molecule has 6 heteroatoms. The molecule has 0 aromatic heterocycles. The lowest BCUT2D eigenvalue weighted by Crippen LogP contribution is -2.55. The molecule has 2 aliphatic rings. The fourth-order valence-corrected chi connectivity index (χ4v) is 5.17. The zero-order valence-corrected chi connectivity index (χ0v) is 19.1. The van der Waals surface area contributed by atoms with Crippen molar-refractivity contribution >= 4 is 40.9 Å². The number of rotatable bonds is 4. The number of anilines is 1. The number of hydrogen-bond donors (Lipinski definition) is 0. The maximum Gasteiger partial charge on any atom is 0.265 e. The van der Waals surface area contributed by atoms with Crippen molar-refractivity contribution in [3.63, 3.8) is 0 Å². The fourth-order valence-electron chi connectivity index (χ4n) is 4.75. The summed E-state index contributed by atoms with van der Waals surface area (Å²) < 4.78 is 0. The molecule has 1 aromatic rings. The lowest BCUT2D eigenvalue weighted by Gasteiger charge is -2.47. The van der Waals surface area contributed by atoms with Gasteiger partial charge in [0.2, 0.25) is 0 Å². The van der Waals surface area contributed by atoms with Gasteiger partial charge in [0, 0.05) is 30.9 Å². The van der Waals surface area contributed by atoms with Crippen molar-refractivity contribution in [1.29, 1.82) is 0 Å². The molecule has 3 rings (SSSR count). The van der Waals surface area contributed by atoms with Crippen molar-refractivity contribution in [2.24, 2.45) is 0 Å². The van der Waals surface area contributed by atoms with Crippen LogP contribution in [0, 0.1) is 0 Å². The molecule has 0 saturated carbocycles. The Morgan fingerprint density at radius 2 is 1.66 bits per heavy atom. The molecule has 0 unspecified atom stereocenters. The summed E-state index contributed by atoms with van der Waals surface area (Å²) in [5.74, 6) is -0.214. The zero-order valence-electron chi connectivity index (χ0n) is 18.3. The average Bonchev–Trinajstić information content (AvgIpc) is 2.66. The van der Waals surface area contributed by atoms with E-state index < -0.39 is 0 Å². The molecule has 0 bridgehead atoms. The highest BCUT2D eigenvalue weighted by molar-refractivity contribution is 7.80. The van der Waals surface area contributed by atoms with Gasteiger partial charge in [0.1, 0.15) is 5.57 Å². The average molecular weight is 414 g/mol. The molecule has 0 radical (unpaired) electrons. The summed E-state index contributed by atoms with van der Waals surface area (Å²) in [4.78, 5) is 31.2. The Morgan fingerprint density at radius 1 is 1.07 bits per heavy atom. The van der Waals surface area contributed by atoms with Gasteiger partial charge in [-0.05, 0) is 88.5 Å². The minimum atomic E-state index is -0.311. The van der Waals surface area contributed by atoms with Crippen molar-refractivity contribution in [3.05, 3.63) is 34.9 Å². The molecule has 2 amide bonds. The van der Waals surface area contributed by atoms with Crippen LogP contribution in [-0.2, 0) is 9.59 Å². The number of fused-ring (bicyclic) bond motifs is 1. The molecule has 0 aliphatic carbocycles. The summed E-state index contributed by atoms with van der Waals surface area (Å²) in [6.45, 7) is 14.6. The smallest absolute Gasteiger partial charge is 0.265 e. The van der Waals surface area contributed by atoms with Gasteiger partial charge in [-0.15, -0.1) is 0 Å². The van der Waals surface area contributed by atoms with Gasteiger partial charge >= 0.3 is 0 Å². The number of carbonyl (C=O) groups is 2. The second kappa shape index (κ2) is 7.90. The van der Waals surface area contributed by atoms with Crippen molar-refractivity contribution < 1.29 is 9.59 Å². The van der Waals surface area contributed by atoms with E-state index in [1.54, 1.807) is 6.08 Å². The van der Waals surface area contributed by atoms with Crippen LogP contribution in [0.5, 0.6) is 0 Å². The molecule has 1 atom stereocenters. The number of nitrogens with zero attached hydrogens (tertiary/aromatic N) is 3. The standard InChI is InChI=1S/C23H31N3O2S/c1-7-24-20(27)18(21(28)25(8-2)22(24)29)13-16-10-11-19-17(12-16)15(4)14-23(5,6)26(19)9-3/h10-13,15H,7-9,14H2,1-6H3/t15-/m1/s1. The van der Waals surface area contributed by atoms with Gasteiger partial charge in [-0.3, -0.25) is 19.4 Å². The highest BCUT2D eigenvalue weighted by atomic mass is 32.1. The molecular formula is C23H31N3O2S. The molecule has 5 nitrogen and oxygen atoms in total. The van der Waals surface area contributed by atoms with E-state index in [9.17, 15) is 9.59 Å². The van der Waals surface area contributed by atoms with Crippen LogP contribution in [0.4, 0.5) is 5.69 Å². The largest absolute Gasteiger partial charge is 0.366 e. The lowest BCUT2D eigenvalue weighted by atomic mass is 9.79. The highest BCUT2D eigenvalue weighted by Crippen LogP contribution is 2.43. The molecular weight excluding hydrogens is 382 g/mol. The normalized spacial score (nSPS) is 21.6. The number of benzene rings is 1. The Balaban J connectivity index is 2.05. The highest BCUT2D eigenvalue weighted by Gasteiger charge is 2.38. The Bertz CT molecular complexity index is 862. The van der Waals surface area contributed by atoms with Crippen LogP contribution < -0.4 is 4.90 Å². The first-order valence-corrected chi connectivity index (χ1v) is 10.9. The van der Waals surface area contributed by atoms with Gasteiger partial charge in [0.25, 0.3) is 11.8 Å². The summed E-state index contributed by atoms with van der Waals surface area (Å²) in [7, 11) is 0. The van der Waals surface area contributed by atoms with Gasteiger partial charge < -0.3 is 4.90 Å². The fraction of sp³-hybridized carbons (Fsp3) is 0.522. The Labute approximate surface area is 179 Å². The van der Waals surface area contributed by atoms with Crippen LogP contribution in [0.15, 0.2) is 23.8 Å². The third-order valence-corrected chi connectivity index (χ3v) is 6.52. The summed E-state index contributed by atoms with van der Waals surface area (Å²) in [6.07, 6.45) is 2.79. The first-order chi connectivity index (χ1) is 13.7. The van der Waals surface area contributed by atoms with Crippen LogP contribution in [0.25, 0.3) is 6.08 Å². The van der Waals surface area contributed by atoms with Crippen LogP contribution >= 0.6 is 12.2 Å². The maximum absolute atomic E-state index is 12.9. The molecule has 1 fully saturated rings. The van der Waals surface area contributed by atoms with Gasteiger partial charge in [0.15, 0.2) is 5.11 Å². The van der Waals surface area contributed by atoms with E-state index >= 15 is 0 Å². The van der Waals surface area contributed by atoms with E-state index in [1.165, 1.54) is 21.1 Å². The Hall–Kier alpha value is -2.21. The van der Waals surface area contributed by atoms with E-state index in [1.807, 2.05) is 19.9 Å². The van der Waals surface area contributed by atoms with Crippen LogP contribution in [0.3, 0.4) is 0 Å². The summed E-state index contributed by atoms with van der Waals surface area (Å²) >= 11 is 5.34. The van der Waals surface area contributed by atoms with E-state index in [4.69, 9.17) is 12.2 Å². The second-order valence-corrected chi connectivity index (χ2v) is 8.78. The van der Waals surface area contributed by atoms with Gasteiger partial charge in [-0.2, -0.15) is 0 Å². The van der Waals surface area contributed by atoms with Crippen LogP contribution in [0.2, 0.25) is 0 Å². The van der Waals surface area contributed by atoms with Gasteiger partial charge in [-0.1, -0.05) is 13.0 Å². The zero-order chi connectivity index (χ0) is 21.5. The summed E-state index contributed by atoms with van der Waals surface area (Å²) in [5, 5.41) is 0.294. The molecule has 2 aliphatic heterocycles. The quantitative estimate of drug-likeness (QED) is 0.422. The van der Waals surface area contributed by atoms with E-state index in [0.717, 1.165) is 18.5 Å². The molecule has 2 heterocycles. The topological polar surface area (TPSA) is 43.9 Å². The molecule has 1 aromatic carbocycles. The van der Waals surface area contributed by atoms with Crippen molar-refractivity contribution in [2.75, 3.05) is 24.5 Å². The molecule has 0 spiro atoms.